The van der Waals surface area contributed by atoms with Crippen LogP contribution in [0.15, 0.2) is 96.2 Å². The monoisotopic (exact) mass is 524 g/mol. The summed E-state index contributed by atoms with van der Waals surface area (Å²) in [5.41, 5.74) is 5.11. The standard InChI is InChI=1S/C29H25ClN6O2/c1-19-11-13-20(14-12-19)17-36-23-10-6-5-9-22(23)27(21-7-3-2-4-8-21)35-28(29(36)38)34-26(37)16-31-25-15-24(30)32-18-33-25/h2-15,18,28H,16-17H2,1H3,(H,34,37)(H,31,32,33)/t28-/m0/s1. The van der Waals surface area contributed by atoms with Crippen LogP contribution in [0.1, 0.15) is 22.3 Å². The molecule has 0 radical (unpaired) electrons. The number of carbonyl (C=O) groups is 2. The Hall–Kier alpha value is -4.56. The second-order valence-electron chi connectivity index (χ2n) is 8.82. The van der Waals surface area contributed by atoms with Crippen LogP contribution in [-0.2, 0) is 16.1 Å². The van der Waals surface area contributed by atoms with Crippen molar-refractivity contribution in [3.05, 3.63) is 119 Å². The maximum Gasteiger partial charge on any atom is 0.272 e. The van der Waals surface area contributed by atoms with Crippen LogP contribution in [0.25, 0.3) is 0 Å². The molecule has 0 aliphatic carbocycles. The molecule has 4 aromatic rings. The van der Waals surface area contributed by atoms with Crippen molar-refractivity contribution in [3.8, 4) is 0 Å². The van der Waals surface area contributed by atoms with Crippen molar-refractivity contribution in [2.75, 3.05) is 16.8 Å². The van der Waals surface area contributed by atoms with Crippen molar-refractivity contribution < 1.29 is 9.59 Å². The minimum Gasteiger partial charge on any atom is -0.361 e. The second-order valence-corrected chi connectivity index (χ2v) is 9.21. The first-order valence-electron chi connectivity index (χ1n) is 12.1. The average molecular weight is 525 g/mol. The number of hydrogen-bond donors (Lipinski definition) is 2. The fourth-order valence-corrected chi connectivity index (χ4v) is 4.34. The van der Waals surface area contributed by atoms with Crippen LogP contribution in [-0.4, -0.2) is 40.2 Å². The summed E-state index contributed by atoms with van der Waals surface area (Å²) in [5, 5.41) is 5.95. The molecule has 0 saturated heterocycles. The van der Waals surface area contributed by atoms with Crippen LogP contribution < -0.4 is 15.5 Å². The Morgan fingerprint density at radius 2 is 1.71 bits per heavy atom. The number of nitrogens with one attached hydrogen (secondary N) is 2. The Bertz CT molecular complexity index is 1490. The smallest absolute Gasteiger partial charge is 0.272 e. The summed E-state index contributed by atoms with van der Waals surface area (Å²) < 4.78 is 0. The second kappa shape index (κ2) is 11.2. The Labute approximate surface area is 225 Å². The molecule has 5 rings (SSSR count). The zero-order valence-corrected chi connectivity index (χ0v) is 21.4. The van der Waals surface area contributed by atoms with Crippen molar-refractivity contribution >= 4 is 40.6 Å². The van der Waals surface area contributed by atoms with Crippen molar-refractivity contribution in [2.24, 2.45) is 4.99 Å². The Kier molecular flexibility index (Phi) is 7.42. The molecule has 0 fully saturated rings. The number of aryl methyl sites for hydroxylation is 1. The lowest BCUT2D eigenvalue weighted by atomic mass is 10.00. The van der Waals surface area contributed by atoms with Crippen molar-refractivity contribution in [2.45, 2.75) is 19.6 Å². The van der Waals surface area contributed by atoms with Gasteiger partial charge in [0.15, 0.2) is 0 Å². The summed E-state index contributed by atoms with van der Waals surface area (Å²) in [4.78, 5) is 41.3. The van der Waals surface area contributed by atoms with E-state index in [4.69, 9.17) is 16.6 Å². The third-order valence-corrected chi connectivity index (χ3v) is 6.28. The Morgan fingerprint density at radius 1 is 0.974 bits per heavy atom. The number of anilines is 2. The lowest BCUT2D eigenvalue weighted by Gasteiger charge is -2.25. The summed E-state index contributed by atoms with van der Waals surface area (Å²) in [6, 6.07) is 26.8. The van der Waals surface area contributed by atoms with E-state index in [1.54, 1.807) is 4.90 Å². The van der Waals surface area contributed by atoms with E-state index in [1.807, 2.05) is 85.8 Å². The summed E-state index contributed by atoms with van der Waals surface area (Å²) >= 11 is 5.90. The number of carbonyl (C=O) groups excluding carboxylic acids is 2. The van der Waals surface area contributed by atoms with Gasteiger partial charge in [-0.2, -0.15) is 0 Å². The average Bonchev–Trinajstić information content (AvgIpc) is 3.04. The molecule has 2 amide bonds. The molecule has 1 aromatic heterocycles. The number of hydrogen-bond acceptors (Lipinski definition) is 6. The first-order chi connectivity index (χ1) is 18.5. The van der Waals surface area contributed by atoms with Gasteiger partial charge in [-0.25, -0.2) is 15.0 Å². The van der Waals surface area contributed by atoms with E-state index in [9.17, 15) is 9.59 Å². The predicted molar refractivity (Wildman–Crippen MR) is 148 cm³/mol. The van der Waals surface area contributed by atoms with E-state index in [0.717, 1.165) is 27.9 Å². The van der Waals surface area contributed by atoms with Gasteiger partial charge in [0.25, 0.3) is 5.91 Å². The number of benzodiazepines with no additional fused rings is 1. The number of aromatic nitrogens is 2. The Balaban J connectivity index is 1.49. The van der Waals surface area contributed by atoms with Gasteiger partial charge in [-0.1, -0.05) is 90.0 Å². The van der Waals surface area contributed by atoms with Crippen LogP contribution >= 0.6 is 11.6 Å². The number of fused-ring (bicyclic) bond motifs is 1. The third kappa shape index (κ3) is 5.71. The summed E-state index contributed by atoms with van der Waals surface area (Å²) in [6.45, 7) is 2.22. The SMILES string of the molecule is Cc1ccc(CN2C(=O)[C@@H](NC(=O)CNc3cc(Cl)ncn3)N=C(c3ccccc3)c3ccccc32)cc1. The number of halogens is 1. The Morgan fingerprint density at radius 3 is 2.47 bits per heavy atom. The van der Waals surface area contributed by atoms with E-state index in [0.29, 0.717) is 18.1 Å². The molecule has 38 heavy (non-hydrogen) atoms. The summed E-state index contributed by atoms with van der Waals surface area (Å²) in [5.74, 6) is -0.355. The molecule has 2 heterocycles. The fraction of sp³-hybridized carbons (Fsp3) is 0.138. The zero-order valence-electron chi connectivity index (χ0n) is 20.6. The minimum atomic E-state index is -1.13. The van der Waals surface area contributed by atoms with Gasteiger partial charge >= 0.3 is 0 Å². The lowest BCUT2D eigenvalue weighted by molar-refractivity contribution is -0.126. The van der Waals surface area contributed by atoms with Crippen LogP contribution in [0.2, 0.25) is 5.15 Å². The minimum absolute atomic E-state index is 0.127. The van der Waals surface area contributed by atoms with E-state index in [2.05, 4.69) is 20.6 Å². The molecule has 190 valence electrons. The van der Waals surface area contributed by atoms with Crippen LogP contribution in [0, 0.1) is 6.92 Å². The number of aliphatic imine (C=N–C) groups is 1. The van der Waals surface area contributed by atoms with Gasteiger partial charge < -0.3 is 15.5 Å². The maximum absolute atomic E-state index is 14.0. The third-order valence-electron chi connectivity index (χ3n) is 6.08. The first kappa shape index (κ1) is 25.1. The van der Waals surface area contributed by atoms with Crippen LogP contribution in [0.3, 0.4) is 0 Å². The number of nitrogens with zero attached hydrogens (tertiary/aromatic N) is 4. The van der Waals surface area contributed by atoms with Crippen molar-refractivity contribution in [1.29, 1.82) is 0 Å². The topological polar surface area (TPSA) is 99.6 Å². The van der Waals surface area contributed by atoms with Gasteiger partial charge in [-0.3, -0.25) is 9.59 Å². The molecule has 8 nitrogen and oxygen atoms in total. The molecule has 0 unspecified atom stereocenters. The van der Waals surface area contributed by atoms with E-state index >= 15 is 0 Å². The molecular weight excluding hydrogens is 500 g/mol. The largest absolute Gasteiger partial charge is 0.361 e. The first-order valence-corrected chi connectivity index (χ1v) is 12.5. The molecule has 3 aromatic carbocycles. The molecule has 1 aliphatic heterocycles. The predicted octanol–water partition coefficient (Wildman–Crippen LogP) is 4.38. The highest BCUT2D eigenvalue weighted by Gasteiger charge is 2.33. The van der Waals surface area contributed by atoms with Gasteiger partial charge in [0.05, 0.1) is 24.5 Å². The molecule has 1 aliphatic rings. The van der Waals surface area contributed by atoms with E-state index in [1.165, 1.54) is 12.4 Å². The lowest BCUT2D eigenvalue weighted by Crippen LogP contribution is -2.48. The molecule has 0 bridgehead atoms. The molecular formula is C29H25ClN6O2. The molecule has 0 spiro atoms. The summed E-state index contributed by atoms with van der Waals surface area (Å²) in [7, 11) is 0. The summed E-state index contributed by atoms with van der Waals surface area (Å²) in [6.07, 6.45) is 0.167. The van der Waals surface area contributed by atoms with Crippen molar-refractivity contribution in [3.63, 3.8) is 0 Å². The van der Waals surface area contributed by atoms with Gasteiger partial charge in [0.2, 0.25) is 12.1 Å². The molecule has 2 N–H and O–H groups in total. The van der Waals surface area contributed by atoms with E-state index in [-0.39, 0.29) is 17.6 Å². The highest BCUT2D eigenvalue weighted by molar-refractivity contribution is 6.29. The van der Waals surface area contributed by atoms with Gasteiger partial charge in [-0.05, 0) is 18.6 Å². The van der Waals surface area contributed by atoms with Crippen LogP contribution in [0.5, 0.6) is 0 Å². The fourth-order valence-electron chi connectivity index (χ4n) is 4.19. The quantitative estimate of drug-likeness (QED) is 0.350. The van der Waals surface area contributed by atoms with E-state index < -0.39 is 12.1 Å². The molecule has 1 atom stereocenters. The number of para-hydroxylation sites is 1. The highest BCUT2D eigenvalue weighted by atomic mass is 35.5. The van der Waals surface area contributed by atoms with Crippen LogP contribution in [0.4, 0.5) is 11.5 Å². The van der Waals surface area contributed by atoms with Gasteiger partial charge in [0, 0.05) is 17.2 Å². The number of benzene rings is 3. The maximum atomic E-state index is 14.0. The number of amides is 2. The highest BCUT2D eigenvalue weighted by Crippen LogP contribution is 2.29. The molecule has 9 heteroatoms. The van der Waals surface area contributed by atoms with Crippen molar-refractivity contribution in [1.82, 2.24) is 15.3 Å². The molecule has 0 saturated carbocycles. The number of rotatable bonds is 7. The van der Waals surface area contributed by atoms with Gasteiger partial charge in [0.1, 0.15) is 17.3 Å². The normalized spacial score (nSPS) is 14.8. The zero-order chi connectivity index (χ0) is 26.5. The van der Waals surface area contributed by atoms with Gasteiger partial charge in [-0.15, -0.1) is 0 Å².